The molecule has 20 heavy (non-hydrogen) atoms. The second kappa shape index (κ2) is 8.47. The van der Waals surface area contributed by atoms with E-state index in [2.05, 4.69) is 10.6 Å². The fraction of sp³-hybridized carbons (Fsp3) is 0.857. The molecule has 118 valence electrons. The van der Waals surface area contributed by atoms with E-state index in [9.17, 15) is 9.59 Å². The van der Waals surface area contributed by atoms with E-state index < -0.39 is 0 Å². The highest BCUT2D eigenvalue weighted by molar-refractivity contribution is 5.85. The Labute approximate surface area is 127 Å². The van der Waals surface area contributed by atoms with E-state index in [4.69, 9.17) is 5.73 Å². The van der Waals surface area contributed by atoms with Crippen molar-refractivity contribution < 1.29 is 9.59 Å². The molecule has 0 saturated heterocycles. The maximum atomic E-state index is 11.9. The molecule has 0 aromatic carbocycles. The predicted octanol–water partition coefficient (Wildman–Crippen LogP) is 1.20. The minimum atomic E-state index is -0.389. The molecular weight excluding hydrogens is 278 g/mol. The lowest BCUT2D eigenvalue weighted by molar-refractivity contribution is -0.129. The molecule has 4 N–H and O–H groups in total. The highest BCUT2D eigenvalue weighted by atomic mass is 35.5. The SMILES string of the molecule is CC(C)(C)C(=O)NCCNC(=O)C1CCCC(N)C1.Cl. The Kier molecular flexibility index (Phi) is 8.13. The van der Waals surface area contributed by atoms with Crippen LogP contribution in [-0.2, 0) is 9.59 Å². The van der Waals surface area contributed by atoms with Crippen molar-refractivity contribution in [2.24, 2.45) is 17.1 Å². The lowest BCUT2D eigenvalue weighted by Gasteiger charge is -2.25. The number of hydrogen-bond donors (Lipinski definition) is 3. The Hall–Kier alpha value is -0.810. The molecule has 0 heterocycles. The van der Waals surface area contributed by atoms with Gasteiger partial charge in [-0.3, -0.25) is 9.59 Å². The number of nitrogens with one attached hydrogen (secondary N) is 2. The number of nitrogens with two attached hydrogens (primary N) is 1. The van der Waals surface area contributed by atoms with Gasteiger partial charge in [-0.2, -0.15) is 0 Å². The number of carbonyl (C=O) groups is 2. The number of rotatable bonds is 4. The molecule has 0 aliphatic heterocycles. The fourth-order valence-corrected chi connectivity index (χ4v) is 2.24. The van der Waals surface area contributed by atoms with Gasteiger partial charge in [0, 0.05) is 30.5 Å². The monoisotopic (exact) mass is 305 g/mol. The van der Waals surface area contributed by atoms with Crippen LogP contribution in [0.15, 0.2) is 0 Å². The fourth-order valence-electron chi connectivity index (χ4n) is 2.24. The summed E-state index contributed by atoms with van der Waals surface area (Å²) in [4.78, 5) is 23.5. The minimum Gasteiger partial charge on any atom is -0.354 e. The molecule has 2 amide bonds. The second-order valence-electron chi connectivity index (χ2n) is 6.42. The molecule has 5 nitrogen and oxygen atoms in total. The van der Waals surface area contributed by atoms with Gasteiger partial charge in [0.1, 0.15) is 0 Å². The van der Waals surface area contributed by atoms with Crippen LogP contribution < -0.4 is 16.4 Å². The van der Waals surface area contributed by atoms with Crippen LogP contribution in [-0.4, -0.2) is 30.9 Å². The van der Waals surface area contributed by atoms with Gasteiger partial charge in [0.25, 0.3) is 0 Å². The molecule has 1 aliphatic carbocycles. The lowest BCUT2D eigenvalue weighted by Crippen LogP contribution is -2.42. The number of amides is 2. The summed E-state index contributed by atoms with van der Waals surface area (Å²) in [6, 6.07) is 0.157. The summed E-state index contributed by atoms with van der Waals surface area (Å²) in [5.41, 5.74) is 5.48. The molecule has 1 aliphatic rings. The summed E-state index contributed by atoms with van der Waals surface area (Å²) in [6.45, 7) is 6.55. The highest BCUT2D eigenvalue weighted by Crippen LogP contribution is 2.22. The van der Waals surface area contributed by atoms with Gasteiger partial charge >= 0.3 is 0 Å². The van der Waals surface area contributed by atoms with Gasteiger partial charge < -0.3 is 16.4 Å². The zero-order chi connectivity index (χ0) is 14.5. The molecular formula is C14H28ClN3O2. The molecule has 1 rings (SSSR count). The van der Waals surface area contributed by atoms with Crippen molar-refractivity contribution in [3.63, 3.8) is 0 Å². The smallest absolute Gasteiger partial charge is 0.225 e. The molecule has 0 spiro atoms. The number of carbonyl (C=O) groups excluding carboxylic acids is 2. The van der Waals surface area contributed by atoms with Crippen molar-refractivity contribution in [3.8, 4) is 0 Å². The Morgan fingerprint density at radius 1 is 1.15 bits per heavy atom. The van der Waals surface area contributed by atoms with Crippen molar-refractivity contribution in [2.75, 3.05) is 13.1 Å². The highest BCUT2D eigenvalue weighted by Gasteiger charge is 2.25. The largest absolute Gasteiger partial charge is 0.354 e. The number of halogens is 1. The van der Waals surface area contributed by atoms with Crippen LogP contribution in [0.25, 0.3) is 0 Å². The van der Waals surface area contributed by atoms with Crippen LogP contribution in [0.5, 0.6) is 0 Å². The van der Waals surface area contributed by atoms with Gasteiger partial charge in [-0.1, -0.05) is 27.2 Å². The van der Waals surface area contributed by atoms with Gasteiger partial charge in [0.15, 0.2) is 0 Å². The normalized spacial score (nSPS) is 22.6. The minimum absolute atomic E-state index is 0. The first-order valence-corrected chi connectivity index (χ1v) is 7.12. The van der Waals surface area contributed by atoms with E-state index in [0.29, 0.717) is 13.1 Å². The standard InChI is InChI=1S/C14H27N3O2.ClH/c1-14(2,3)13(19)17-8-7-16-12(18)10-5-4-6-11(15)9-10;/h10-11H,4-9,15H2,1-3H3,(H,16,18)(H,17,19);1H. The van der Waals surface area contributed by atoms with Gasteiger partial charge in [-0.25, -0.2) is 0 Å². The first-order chi connectivity index (χ1) is 8.80. The molecule has 0 bridgehead atoms. The van der Waals surface area contributed by atoms with Gasteiger partial charge in [-0.05, 0) is 19.3 Å². The molecule has 2 unspecified atom stereocenters. The van der Waals surface area contributed by atoms with E-state index in [0.717, 1.165) is 25.7 Å². The van der Waals surface area contributed by atoms with Crippen LogP contribution in [0.4, 0.5) is 0 Å². The van der Waals surface area contributed by atoms with E-state index >= 15 is 0 Å². The first kappa shape index (κ1) is 19.2. The van der Waals surface area contributed by atoms with E-state index in [1.807, 2.05) is 20.8 Å². The Morgan fingerprint density at radius 2 is 1.75 bits per heavy atom. The summed E-state index contributed by atoms with van der Waals surface area (Å²) >= 11 is 0. The van der Waals surface area contributed by atoms with Crippen molar-refractivity contribution in [1.29, 1.82) is 0 Å². The van der Waals surface area contributed by atoms with E-state index in [1.165, 1.54) is 0 Å². The Balaban J connectivity index is 0.00000361. The quantitative estimate of drug-likeness (QED) is 0.682. The molecule has 6 heteroatoms. The summed E-state index contributed by atoms with van der Waals surface area (Å²) in [5, 5.41) is 5.68. The Bertz CT molecular complexity index is 329. The first-order valence-electron chi connectivity index (χ1n) is 7.12. The van der Waals surface area contributed by atoms with Gasteiger partial charge in [0.2, 0.25) is 11.8 Å². The van der Waals surface area contributed by atoms with Crippen LogP contribution in [0.2, 0.25) is 0 Å². The Morgan fingerprint density at radius 3 is 2.30 bits per heavy atom. The average Bonchev–Trinajstić information content (AvgIpc) is 2.32. The number of hydrogen-bond acceptors (Lipinski definition) is 3. The van der Waals surface area contributed by atoms with E-state index in [1.54, 1.807) is 0 Å². The summed E-state index contributed by atoms with van der Waals surface area (Å²) < 4.78 is 0. The molecule has 0 aromatic rings. The van der Waals surface area contributed by atoms with E-state index in [-0.39, 0.29) is 41.6 Å². The zero-order valence-electron chi connectivity index (χ0n) is 12.7. The maximum Gasteiger partial charge on any atom is 0.225 e. The zero-order valence-corrected chi connectivity index (χ0v) is 13.5. The second-order valence-corrected chi connectivity index (χ2v) is 6.42. The lowest BCUT2D eigenvalue weighted by atomic mass is 9.85. The molecule has 1 saturated carbocycles. The summed E-state index contributed by atoms with van der Waals surface area (Å²) in [6.07, 6.45) is 3.75. The van der Waals surface area contributed by atoms with Crippen molar-refractivity contribution in [3.05, 3.63) is 0 Å². The van der Waals surface area contributed by atoms with Crippen LogP contribution >= 0.6 is 12.4 Å². The summed E-state index contributed by atoms with van der Waals surface area (Å²) in [7, 11) is 0. The molecule has 0 radical (unpaired) electrons. The van der Waals surface area contributed by atoms with Gasteiger partial charge in [0.05, 0.1) is 0 Å². The van der Waals surface area contributed by atoms with Gasteiger partial charge in [-0.15, -0.1) is 12.4 Å². The average molecular weight is 306 g/mol. The maximum absolute atomic E-state index is 11.9. The topological polar surface area (TPSA) is 84.2 Å². The predicted molar refractivity (Wildman–Crippen MR) is 82.7 cm³/mol. The molecule has 2 atom stereocenters. The molecule has 1 fully saturated rings. The van der Waals surface area contributed by atoms with Crippen molar-refractivity contribution >= 4 is 24.2 Å². The van der Waals surface area contributed by atoms with Crippen molar-refractivity contribution in [2.45, 2.75) is 52.5 Å². The third-order valence-corrected chi connectivity index (χ3v) is 3.48. The third kappa shape index (κ3) is 6.57. The molecule has 0 aromatic heterocycles. The third-order valence-electron chi connectivity index (χ3n) is 3.48. The summed E-state index contributed by atoms with van der Waals surface area (Å²) in [5.74, 6) is 0.115. The van der Waals surface area contributed by atoms with Crippen LogP contribution in [0, 0.1) is 11.3 Å². The van der Waals surface area contributed by atoms with Crippen LogP contribution in [0.1, 0.15) is 46.5 Å². The van der Waals surface area contributed by atoms with Crippen molar-refractivity contribution in [1.82, 2.24) is 10.6 Å². The van der Waals surface area contributed by atoms with Crippen LogP contribution in [0.3, 0.4) is 0 Å².